The van der Waals surface area contributed by atoms with Crippen molar-refractivity contribution in [2.45, 2.75) is 45.9 Å². The summed E-state index contributed by atoms with van der Waals surface area (Å²) in [5.74, 6) is 0.755. The van der Waals surface area contributed by atoms with E-state index < -0.39 is 0 Å². The van der Waals surface area contributed by atoms with Crippen LogP contribution >= 0.6 is 0 Å². The largest absolute Gasteiger partial charge is 0.479 e. The summed E-state index contributed by atoms with van der Waals surface area (Å²) >= 11 is 0. The van der Waals surface area contributed by atoms with Gasteiger partial charge in [-0.25, -0.2) is 0 Å². The molecule has 5 nitrogen and oxygen atoms in total. The molecule has 110 valence electrons. The molecular weight excluding hydrogens is 254 g/mol. The van der Waals surface area contributed by atoms with Gasteiger partial charge < -0.3 is 15.0 Å². The van der Waals surface area contributed by atoms with Gasteiger partial charge in [0.1, 0.15) is 5.75 Å². The Labute approximate surface area is 120 Å². The van der Waals surface area contributed by atoms with E-state index in [1.54, 1.807) is 11.9 Å². The van der Waals surface area contributed by atoms with E-state index in [1.807, 2.05) is 19.1 Å². The van der Waals surface area contributed by atoms with Crippen LogP contribution in [-0.2, 0) is 11.3 Å². The zero-order chi connectivity index (χ0) is 14.7. The monoisotopic (exact) mass is 277 g/mol. The van der Waals surface area contributed by atoms with E-state index in [1.165, 1.54) is 0 Å². The van der Waals surface area contributed by atoms with E-state index in [2.05, 4.69) is 24.1 Å². The van der Waals surface area contributed by atoms with Crippen molar-refractivity contribution in [1.82, 2.24) is 15.2 Å². The fourth-order valence-electron chi connectivity index (χ4n) is 2.19. The maximum atomic E-state index is 11.9. The summed E-state index contributed by atoms with van der Waals surface area (Å²) in [6.45, 7) is 7.53. The Morgan fingerprint density at radius 3 is 2.85 bits per heavy atom. The van der Waals surface area contributed by atoms with Crippen LogP contribution in [0.25, 0.3) is 0 Å². The topological polar surface area (TPSA) is 54.5 Å². The highest BCUT2D eigenvalue weighted by Gasteiger charge is 2.31. The molecule has 1 N–H and O–H groups in total. The van der Waals surface area contributed by atoms with Crippen LogP contribution in [-0.4, -0.2) is 41.5 Å². The number of carbonyl (C=O) groups excluding carboxylic acids is 1. The number of carbonyl (C=O) groups is 1. The fourth-order valence-corrected chi connectivity index (χ4v) is 2.19. The predicted molar refractivity (Wildman–Crippen MR) is 77.6 cm³/mol. The van der Waals surface area contributed by atoms with Crippen molar-refractivity contribution in [3.05, 3.63) is 23.5 Å². The molecule has 20 heavy (non-hydrogen) atoms. The van der Waals surface area contributed by atoms with E-state index in [0.29, 0.717) is 18.3 Å². The van der Waals surface area contributed by atoms with Crippen molar-refractivity contribution in [2.75, 3.05) is 13.6 Å². The number of aryl methyl sites for hydroxylation is 1. The van der Waals surface area contributed by atoms with Crippen LogP contribution in [0.2, 0.25) is 0 Å². The second-order valence-corrected chi connectivity index (χ2v) is 5.59. The van der Waals surface area contributed by atoms with Crippen molar-refractivity contribution in [2.24, 2.45) is 0 Å². The Balaban J connectivity index is 2.12. The lowest BCUT2D eigenvalue weighted by molar-refractivity contribution is -0.132. The molecule has 0 radical (unpaired) electrons. The normalized spacial score (nSPS) is 18.9. The second kappa shape index (κ2) is 6.22. The summed E-state index contributed by atoms with van der Waals surface area (Å²) in [4.78, 5) is 18.1. The fraction of sp³-hybridized carbons (Fsp3) is 0.600. The summed E-state index contributed by atoms with van der Waals surface area (Å²) in [7, 11) is 1.81. The Hall–Kier alpha value is -1.62. The lowest BCUT2D eigenvalue weighted by Crippen LogP contribution is -2.30. The van der Waals surface area contributed by atoms with E-state index >= 15 is 0 Å². The smallest absolute Gasteiger partial charge is 0.263 e. The molecule has 1 aliphatic rings. The van der Waals surface area contributed by atoms with Crippen molar-refractivity contribution in [1.29, 1.82) is 0 Å². The maximum absolute atomic E-state index is 11.9. The molecule has 5 heteroatoms. The SMILES string of the molecule is Cc1ccc(OC2CCN(C)C2=O)c(CNC(C)C)n1. The number of likely N-dealkylation sites (tertiary alicyclic amines) is 1. The molecule has 0 saturated carbocycles. The number of nitrogens with zero attached hydrogens (tertiary/aromatic N) is 2. The van der Waals surface area contributed by atoms with Crippen molar-refractivity contribution in [3.63, 3.8) is 0 Å². The van der Waals surface area contributed by atoms with Crippen LogP contribution in [0.5, 0.6) is 5.75 Å². The molecule has 0 spiro atoms. The number of ether oxygens (including phenoxy) is 1. The summed E-state index contributed by atoms with van der Waals surface area (Å²) in [5, 5.41) is 3.34. The summed E-state index contributed by atoms with van der Waals surface area (Å²) in [5.41, 5.74) is 1.81. The summed E-state index contributed by atoms with van der Waals surface area (Å²) < 4.78 is 5.88. The van der Waals surface area contributed by atoms with Gasteiger partial charge in [-0.2, -0.15) is 0 Å². The van der Waals surface area contributed by atoms with E-state index in [4.69, 9.17) is 4.74 Å². The number of rotatable bonds is 5. The molecule has 0 bridgehead atoms. The lowest BCUT2D eigenvalue weighted by Gasteiger charge is -2.17. The quantitative estimate of drug-likeness (QED) is 0.886. The molecule has 0 aliphatic carbocycles. The Bertz CT molecular complexity index is 488. The first-order valence-electron chi connectivity index (χ1n) is 7.09. The van der Waals surface area contributed by atoms with Gasteiger partial charge in [-0.05, 0) is 19.1 Å². The third-order valence-electron chi connectivity index (χ3n) is 3.40. The number of pyridine rings is 1. The summed E-state index contributed by atoms with van der Waals surface area (Å²) in [6.07, 6.45) is 0.364. The van der Waals surface area contributed by atoms with Gasteiger partial charge in [0.15, 0.2) is 6.10 Å². The van der Waals surface area contributed by atoms with Gasteiger partial charge in [0, 0.05) is 38.3 Å². The third-order valence-corrected chi connectivity index (χ3v) is 3.40. The van der Waals surface area contributed by atoms with Crippen LogP contribution in [0.4, 0.5) is 0 Å². The van der Waals surface area contributed by atoms with Crippen molar-refractivity contribution in [3.8, 4) is 5.75 Å². The minimum absolute atomic E-state index is 0.0494. The van der Waals surface area contributed by atoms with E-state index in [-0.39, 0.29) is 12.0 Å². The molecule has 1 atom stereocenters. The Kier molecular flexibility index (Phi) is 4.60. The minimum atomic E-state index is -0.373. The van der Waals surface area contributed by atoms with Crippen LogP contribution < -0.4 is 10.1 Å². The summed E-state index contributed by atoms with van der Waals surface area (Å²) in [6, 6.07) is 4.20. The molecule has 1 unspecified atom stereocenters. The van der Waals surface area contributed by atoms with Crippen molar-refractivity contribution >= 4 is 5.91 Å². The molecule has 2 heterocycles. The number of hydrogen-bond acceptors (Lipinski definition) is 4. The number of amides is 1. The van der Waals surface area contributed by atoms with Crippen LogP contribution in [0.1, 0.15) is 31.7 Å². The molecule has 2 rings (SSSR count). The van der Waals surface area contributed by atoms with Gasteiger partial charge in [-0.3, -0.25) is 9.78 Å². The molecule has 0 aromatic carbocycles. The van der Waals surface area contributed by atoms with E-state index in [9.17, 15) is 4.79 Å². The van der Waals surface area contributed by atoms with Gasteiger partial charge in [0.05, 0.1) is 5.69 Å². The Morgan fingerprint density at radius 1 is 1.50 bits per heavy atom. The van der Waals surface area contributed by atoms with Gasteiger partial charge in [-0.1, -0.05) is 13.8 Å². The highest BCUT2D eigenvalue weighted by Crippen LogP contribution is 2.22. The van der Waals surface area contributed by atoms with Gasteiger partial charge in [-0.15, -0.1) is 0 Å². The molecule has 1 saturated heterocycles. The van der Waals surface area contributed by atoms with Crippen molar-refractivity contribution < 1.29 is 9.53 Å². The average Bonchev–Trinajstić information content (AvgIpc) is 2.71. The number of aromatic nitrogens is 1. The first-order valence-corrected chi connectivity index (χ1v) is 7.09. The van der Waals surface area contributed by atoms with E-state index in [0.717, 1.165) is 24.4 Å². The first kappa shape index (κ1) is 14.8. The average molecular weight is 277 g/mol. The standard InChI is InChI=1S/C15H23N3O2/c1-10(2)16-9-12-13(6-5-11(3)17-12)20-14-7-8-18(4)15(14)19/h5-6,10,14,16H,7-9H2,1-4H3. The van der Waals surface area contributed by atoms with Gasteiger partial charge in [0.2, 0.25) is 0 Å². The molecule has 1 amide bonds. The van der Waals surface area contributed by atoms with Crippen LogP contribution in [0.15, 0.2) is 12.1 Å². The lowest BCUT2D eigenvalue weighted by atomic mass is 10.2. The predicted octanol–water partition coefficient (Wildman–Crippen LogP) is 1.50. The highest BCUT2D eigenvalue weighted by molar-refractivity contribution is 5.83. The van der Waals surface area contributed by atoms with Crippen LogP contribution in [0, 0.1) is 6.92 Å². The number of likely N-dealkylation sites (N-methyl/N-ethyl adjacent to an activating group) is 1. The minimum Gasteiger partial charge on any atom is -0.479 e. The molecule has 1 aromatic heterocycles. The number of nitrogens with one attached hydrogen (secondary N) is 1. The zero-order valence-corrected chi connectivity index (χ0v) is 12.6. The number of hydrogen-bond donors (Lipinski definition) is 1. The molecular formula is C15H23N3O2. The Morgan fingerprint density at radius 2 is 2.25 bits per heavy atom. The first-order chi connectivity index (χ1) is 9.47. The highest BCUT2D eigenvalue weighted by atomic mass is 16.5. The maximum Gasteiger partial charge on any atom is 0.263 e. The molecule has 1 aliphatic heterocycles. The van der Waals surface area contributed by atoms with Gasteiger partial charge in [0.25, 0.3) is 5.91 Å². The second-order valence-electron chi connectivity index (χ2n) is 5.59. The third kappa shape index (κ3) is 3.48. The zero-order valence-electron chi connectivity index (χ0n) is 12.6. The van der Waals surface area contributed by atoms with Crippen LogP contribution in [0.3, 0.4) is 0 Å². The van der Waals surface area contributed by atoms with Gasteiger partial charge >= 0.3 is 0 Å². The molecule has 1 fully saturated rings. The molecule has 1 aromatic rings.